The first-order valence-electron chi connectivity index (χ1n) is 11.5. The summed E-state index contributed by atoms with van der Waals surface area (Å²) in [4.78, 5) is 16.4. The lowest BCUT2D eigenvalue weighted by atomic mass is 10.2. The van der Waals surface area contributed by atoms with E-state index in [4.69, 9.17) is 4.74 Å². The first kappa shape index (κ1) is 24.5. The fourth-order valence-electron chi connectivity index (χ4n) is 4.65. The van der Waals surface area contributed by atoms with Gasteiger partial charge in [-0.15, -0.1) is 11.3 Å². The summed E-state index contributed by atoms with van der Waals surface area (Å²) in [5, 5.41) is 3.00. The first-order chi connectivity index (χ1) is 17.3. The third-order valence-electron chi connectivity index (χ3n) is 6.47. The normalized spacial score (nSPS) is 17.0. The molecule has 1 aliphatic rings. The van der Waals surface area contributed by atoms with E-state index in [0.717, 1.165) is 33.7 Å². The molecular formula is C26H26FN3O4S2. The van der Waals surface area contributed by atoms with Crippen LogP contribution in [0.2, 0.25) is 0 Å². The van der Waals surface area contributed by atoms with E-state index in [-0.39, 0.29) is 30.4 Å². The molecule has 1 amide bonds. The molecule has 1 atom stereocenters. The Bertz CT molecular complexity index is 1510. The average Bonchev–Trinajstić information content (AvgIpc) is 3.46. The van der Waals surface area contributed by atoms with Crippen molar-refractivity contribution in [3.63, 3.8) is 0 Å². The number of sulfonamides is 1. The Kier molecular flexibility index (Phi) is 6.59. The molecule has 36 heavy (non-hydrogen) atoms. The van der Waals surface area contributed by atoms with E-state index in [9.17, 15) is 17.6 Å². The third-order valence-corrected chi connectivity index (χ3v) is 9.45. The highest BCUT2D eigenvalue weighted by Gasteiger charge is 2.36. The number of hydrogen-bond acceptors (Lipinski definition) is 5. The molecule has 0 N–H and O–H groups in total. The van der Waals surface area contributed by atoms with Crippen molar-refractivity contribution in [2.75, 3.05) is 26.7 Å². The van der Waals surface area contributed by atoms with Crippen molar-refractivity contribution in [2.24, 2.45) is 0 Å². The first-order valence-corrected chi connectivity index (χ1v) is 13.9. The Hall–Kier alpha value is -3.21. The van der Waals surface area contributed by atoms with Crippen LogP contribution in [-0.2, 0) is 16.6 Å². The highest BCUT2D eigenvalue weighted by Crippen LogP contribution is 2.29. The monoisotopic (exact) mass is 527 g/mol. The SMILES string of the molecule is COc1cccc(Cn2c(C(=O)N3CCN(S(=O)(=O)c4ccc(F)cc4)C(C)C3)cc3ccsc32)c1. The molecule has 1 fully saturated rings. The van der Waals surface area contributed by atoms with Gasteiger partial charge in [0.2, 0.25) is 10.0 Å². The smallest absolute Gasteiger partial charge is 0.270 e. The molecule has 7 nitrogen and oxygen atoms in total. The maximum absolute atomic E-state index is 13.7. The maximum atomic E-state index is 13.7. The molecule has 1 unspecified atom stereocenters. The highest BCUT2D eigenvalue weighted by molar-refractivity contribution is 7.89. The van der Waals surface area contributed by atoms with Crippen molar-refractivity contribution in [1.29, 1.82) is 0 Å². The lowest BCUT2D eigenvalue weighted by molar-refractivity contribution is 0.0632. The number of rotatable bonds is 6. The van der Waals surface area contributed by atoms with Crippen LogP contribution in [0.15, 0.2) is 70.9 Å². The number of carbonyl (C=O) groups is 1. The van der Waals surface area contributed by atoms with Crippen LogP contribution in [0.5, 0.6) is 5.75 Å². The van der Waals surface area contributed by atoms with Crippen LogP contribution in [-0.4, -0.2) is 60.9 Å². The van der Waals surface area contributed by atoms with Crippen LogP contribution in [0.4, 0.5) is 4.39 Å². The summed E-state index contributed by atoms with van der Waals surface area (Å²) in [6.07, 6.45) is 0. The highest BCUT2D eigenvalue weighted by atomic mass is 32.2. The standard InChI is InChI=1S/C26H26FN3O4S2/c1-18-16-28(11-12-30(18)36(32,33)23-8-6-21(27)7-9-23)25(31)24-15-20-10-13-35-26(20)29(24)17-19-4-3-5-22(14-19)34-2/h3-10,13-15,18H,11-12,16-17H2,1-2H3. The molecule has 10 heteroatoms. The van der Waals surface area contributed by atoms with Gasteiger partial charge in [0.25, 0.3) is 5.91 Å². The molecule has 1 aliphatic heterocycles. The summed E-state index contributed by atoms with van der Waals surface area (Å²) in [7, 11) is -2.17. The number of nitrogens with zero attached hydrogens (tertiary/aromatic N) is 3. The Morgan fingerprint density at radius 2 is 1.89 bits per heavy atom. The van der Waals surface area contributed by atoms with E-state index in [1.165, 1.54) is 16.4 Å². The van der Waals surface area contributed by atoms with Gasteiger partial charge >= 0.3 is 0 Å². The predicted octanol–water partition coefficient (Wildman–Crippen LogP) is 4.43. The van der Waals surface area contributed by atoms with Crippen LogP contribution < -0.4 is 4.74 Å². The quantitative estimate of drug-likeness (QED) is 0.372. The van der Waals surface area contributed by atoms with Crippen LogP contribution in [0.25, 0.3) is 10.2 Å². The average molecular weight is 528 g/mol. The van der Waals surface area contributed by atoms with Gasteiger partial charge in [-0.3, -0.25) is 4.79 Å². The van der Waals surface area contributed by atoms with Gasteiger partial charge in [0.15, 0.2) is 0 Å². The number of fused-ring (bicyclic) bond motifs is 1. The Morgan fingerprint density at radius 1 is 1.11 bits per heavy atom. The Labute approximate surface area is 213 Å². The lowest BCUT2D eigenvalue weighted by Crippen LogP contribution is -2.55. The molecule has 0 bridgehead atoms. The van der Waals surface area contributed by atoms with Gasteiger partial charge in [0.1, 0.15) is 22.1 Å². The van der Waals surface area contributed by atoms with Crippen LogP contribution in [0.3, 0.4) is 0 Å². The van der Waals surface area contributed by atoms with Gasteiger partial charge in [0.05, 0.1) is 12.0 Å². The largest absolute Gasteiger partial charge is 0.497 e. The Morgan fingerprint density at radius 3 is 2.61 bits per heavy atom. The molecule has 4 aromatic rings. The number of methoxy groups -OCH3 is 1. The number of halogens is 1. The molecule has 0 radical (unpaired) electrons. The number of hydrogen-bond donors (Lipinski definition) is 0. The van der Waals surface area contributed by atoms with Crippen LogP contribution >= 0.6 is 11.3 Å². The number of thiophene rings is 1. The zero-order valence-corrected chi connectivity index (χ0v) is 21.6. The summed E-state index contributed by atoms with van der Waals surface area (Å²) in [6, 6.07) is 16.0. The lowest BCUT2D eigenvalue weighted by Gasteiger charge is -2.39. The fourth-order valence-corrected chi connectivity index (χ4v) is 7.16. The summed E-state index contributed by atoms with van der Waals surface area (Å²) in [6.45, 7) is 2.99. The number of benzene rings is 2. The molecule has 0 saturated carbocycles. The summed E-state index contributed by atoms with van der Waals surface area (Å²) in [5.41, 5.74) is 1.58. The summed E-state index contributed by atoms with van der Waals surface area (Å²) < 4.78 is 48.3. The van der Waals surface area contributed by atoms with Crippen molar-refractivity contribution in [3.05, 3.63) is 83.1 Å². The van der Waals surface area contributed by atoms with Gasteiger partial charge in [-0.05, 0) is 66.4 Å². The number of ether oxygens (including phenoxy) is 1. The number of piperazine rings is 1. The van der Waals surface area contributed by atoms with Gasteiger partial charge < -0.3 is 14.2 Å². The van der Waals surface area contributed by atoms with E-state index in [1.54, 1.807) is 30.3 Å². The molecule has 0 spiro atoms. The topological polar surface area (TPSA) is 71.8 Å². The van der Waals surface area contributed by atoms with Gasteiger partial charge in [-0.25, -0.2) is 12.8 Å². The van der Waals surface area contributed by atoms with Crippen molar-refractivity contribution >= 4 is 37.5 Å². The molecule has 0 aliphatic carbocycles. The van der Waals surface area contributed by atoms with Crippen LogP contribution in [0, 0.1) is 5.82 Å². The molecule has 1 saturated heterocycles. The van der Waals surface area contributed by atoms with Gasteiger partial charge in [-0.2, -0.15) is 4.31 Å². The minimum Gasteiger partial charge on any atom is -0.497 e. The molecular weight excluding hydrogens is 501 g/mol. The second kappa shape index (κ2) is 9.68. The van der Waals surface area contributed by atoms with E-state index < -0.39 is 21.9 Å². The Balaban J connectivity index is 1.39. The zero-order chi connectivity index (χ0) is 25.4. The molecule has 188 valence electrons. The van der Waals surface area contributed by atoms with Crippen molar-refractivity contribution in [2.45, 2.75) is 24.4 Å². The van der Waals surface area contributed by atoms with E-state index in [2.05, 4.69) is 0 Å². The second-order valence-corrected chi connectivity index (χ2v) is 11.6. The molecule has 3 heterocycles. The number of carbonyl (C=O) groups excluding carboxylic acids is 1. The van der Waals surface area contributed by atoms with E-state index >= 15 is 0 Å². The van der Waals surface area contributed by atoms with Crippen molar-refractivity contribution in [1.82, 2.24) is 13.8 Å². The van der Waals surface area contributed by atoms with E-state index in [0.29, 0.717) is 12.2 Å². The third kappa shape index (κ3) is 4.52. The zero-order valence-electron chi connectivity index (χ0n) is 19.9. The fraction of sp³-hybridized carbons (Fsp3) is 0.269. The summed E-state index contributed by atoms with van der Waals surface area (Å²) >= 11 is 1.58. The molecule has 5 rings (SSSR count). The van der Waals surface area contributed by atoms with Crippen LogP contribution in [0.1, 0.15) is 23.0 Å². The molecule has 2 aromatic heterocycles. The summed E-state index contributed by atoms with van der Waals surface area (Å²) in [5.74, 6) is 0.128. The van der Waals surface area contributed by atoms with Crippen molar-refractivity contribution in [3.8, 4) is 5.75 Å². The molecule has 2 aromatic carbocycles. The van der Waals surface area contributed by atoms with Gasteiger partial charge in [-0.1, -0.05) is 12.1 Å². The predicted molar refractivity (Wildman–Crippen MR) is 138 cm³/mol. The van der Waals surface area contributed by atoms with Gasteiger partial charge in [0, 0.05) is 37.6 Å². The number of aromatic nitrogens is 1. The van der Waals surface area contributed by atoms with Crippen molar-refractivity contribution < 1.29 is 22.3 Å². The maximum Gasteiger partial charge on any atom is 0.270 e. The second-order valence-electron chi connectivity index (χ2n) is 8.82. The van der Waals surface area contributed by atoms with E-state index in [1.807, 2.05) is 46.3 Å². The minimum absolute atomic E-state index is 0.0444. The number of amides is 1. The minimum atomic E-state index is -3.80.